The molecule has 0 saturated heterocycles. The SMILES string of the molecule is CC(C)CC(=O)C(C)c1ccccc1. The van der Waals surface area contributed by atoms with E-state index in [9.17, 15) is 4.79 Å². The number of hydrogen-bond acceptors (Lipinski definition) is 1. The molecule has 1 rings (SSSR count). The van der Waals surface area contributed by atoms with Gasteiger partial charge < -0.3 is 0 Å². The summed E-state index contributed by atoms with van der Waals surface area (Å²) in [5, 5.41) is 0. The molecule has 0 spiro atoms. The molecule has 1 heteroatoms. The molecule has 0 bridgehead atoms. The van der Waals surface area contributed by atoms with Crippen molar-refractivity contribution in [2.75, 3.05) is 0 Å². The predicted octanol–water partition coefficient (Wildman–Crippen LogP) is 3.41. The van der Waals surface area contributed by atoms with E-state index in [4.69, 9.17) is 0 Å². The van der Waals surface area contributed by atoms with Crippen molar-refractivity contribution in [3.8, 4) is 0 Å². The Hall–Kier alpha value is -1.11. The Morgan fingerprint density at radius 2 is 1.71 bits per heavy atom. The highest BCUT2D eigenvalue weighted by atomic mass is 16.1. The highest BCUT2D eigenvalue weighted by molar-refractivity contribution is 5.85. The van der Waals surface area contributed by atoms with Crippen LogP contribution < -0.4 is 0 Å². The lowest BCUT2D eigenvalue weighted by atomic mass is 9.92. The van der Waals surface area contributed by atoms with Crippen LogP contribution in [0.15, 0.2) is 30.3 Å². The van der Waals surface area contributed by atoms with E-state index in [1.807, 2.05) is 37.3 Å². The molecular weight excluding hydrogens is 172 g/mol. The molecule has 0 amide bonds. The molecule has 0 aliphatic carbocycles. The average molecular weight is 190 g/mol. The Labute approximate surface area is 86.1 Å². The van der Waals surface area contributed by atoms with E-state index < -0.39 is 0 Å². The fourth-order valence-corrected chi connectivity index (χ4v) is 1.51. The largest absolute Gasteiger partial charge is 0.299 e. The van der Waals surface area contributed by atoms with Gasteiger partial charge in [0, 0.05) is 12.3 Å². The molecule has 0 heterocycles. The molecule has 1 unspecified atom stereocenters. The second-order valence-electron chi connectivity index (χ2n) is 4.20. The first-order valence-electron chi connectivity index (χ1n) is 5.19. The van der Waals surface area contributed by atoms with Crippen LogP contribution in [-0.4, -0.2) is 5.78 Å². The molecule has 1 aromatic carbocycles. The van der Waals surface area contributed by atoms with Gasteiger partial charge in [0.1, 0.15) is 5.78 Å². The van der Waals surface area contributed by atoms with Crippen LogP contribution in [0.3, 0.4) is 0 Å². The van der Waals surface area contributed by atoms with Gasteiger partial charge in [-0.2, -0.15) is 0 Å². The second kappa shape index (κ2) is 4.94. The number of carbonyl (C=O) groups excluding carboxylic acids is 1. The molecular formula is C13H18O. The summed E-state index contributed by atoms with van der Waals surface area (Å²) < 4.78 is 0. The van der Waals surface area contributed by atoms with Crippen molar-refractivity contribution >= 4 is 5.78 Å². The molecule has 0 aliphatic heterocycles. The first kappa shape index (κ1) is 11.0. The molecule has 1 atom stereocenters. The zero-order chi connectivity index (χ0) is 10.6. The van der Waals surface area contributed by atoms with Crippen molar-refractivity contribution in [2.24, 2.45) is 5.92 Å². The number of rotatable bonds is 4. The number of carbonyl (C=O) groups is 1. The minimum absolute atomic E-state index is 0.0404. The highest BCUT2D eigenvalue weighted by Gasteiger charge is 2.15. The molecule has 0 N–H and O–H groups in total. The minimum atomic E-state index is 0.0404. The third-order valence-electron chi connectivity index (χ3n) is 2.39. The van der Waals surface area contributed by atoms with Crippen molar-refractivity contribution in [3.63, 3.8) is 0 Å². The summed E-state index contributed by atoms with van der Waals surface area (Å²) >= 11 is 0. The molecule has 0 fully saturated rings. The van der Waals surface area contributed by atoms with Gasteiger partial charge in [-0.05, 0) is 11.5 Å². The Morgan fingerprint density at radius 1 is 1.14 bits per heavy atom. The first-order valence-corrected chi connectivity index (χ1v) is 5.19. The van der Waals surface area contributed by atoms with Crippen molar-refractivity contribution < 1.29 is 4.79 Å². The fourth-order valence-electron chi connectivity index (χ4n) is 1.51. The van der Waals surface area contributed by atoms with Crippen LogP contribution in [0.2, 0.25) is 0 Å². The van der Waals surface area contributed by atoms with Crippen LogP contribution in [-0.2, 0) is 4.79 Å². The maximum Gasteiger partial charge on any atom is 0.140 e. The number of benzene rings is 1. The van der Waals surface area contributed by atoms with Crippen molar-refractivity contribution in [2.45, 2.75) is 33.1 Å². The summed E-state index contributed by atoms with van der Waals surface area (Å²) in [7, 11) is 0. The van der Waals surface area contributed by atoms with Gasteiger partial charge in [0.2, 0.25) is 0 Å². The lowest BCUT2D eigenvalue weighted by molar-refractivity contribution is -0.120. The van der Waals surface area contributed by atoms with Crippen molar-refractivity contribution in [3.05, 3.63) is 35.9 Å². The lowest BCUT2D eigenvalue weighted by Gasteiger charge is -2.11. The summed E-state index contributed by atoms with van der Waals surface area (Å²) in [4.78, 5) is 11.8. The second-order valence-corrected chi connectivity index (χ2v) is 4.20. The lowest BCUT2D eigenvalue weighted by Crippen LogP contribution is -2.11. The van der Waals surface area contributed by atoms with Crippen LogP contribution in [0, 0.1) is 5.92 Å². The van der Waals surface area contributed by atoms with E-state index >= 15 is 0 Å². The van der Waals surface area contributed by atoms with Crippen molar-refractivity contribution in [1.29, 1.82) is 0 Å². The summed E-state index contributed by atoms with van der Waals surface area (Å²) in [5.41, 5.74) is 1.12. The van der Waals surface area contributed by atoms with Crippen LogP contribution in [0.4, 0.5) is 0 Å². The van der Waals surface area contributed by atoms with Gasteiger partial charge in [-0.1, -0.05) is 51.1 Å². The summed E-state index contributed by atoms with van der Waals surface area (Å²) in [5.74, 6) is 0.832. The standard InChI is InChI=1S/C13H18O/c1-10(2)9-13(14)11(3)12-7-5-4-6-8-12/h4-8,10-11H,9H2,1-3H3. The summed E-state index contributed by atoms with van der Waals surface area (Å²) in [6, 6.07) is 9.97. The van der Waals surface area contributed by atoms with E-state index in [1.54, 1.807) is 0 Å². The van der Waals surface area contributed by atoms with Gasteiger partial charge in [0.15, 0.2) is 0 Å². The van der Waals surface area contributed by atoms with E-state index in [0.717, 1.165) is 5.56 Å². The zero-order valence-corrected chi connectivity index (χ0v) is 9.16. The van der Waals surface area contributed by atoms with E-state index in [0.29, 0.717) is 18.1 Å². The van der Waals surface area contributed by atoms with Crippen LogP contribution in [0.25, 0.3) is 0 Å². The summed E-state index contributed by atoms with van der Waals surface area (Å²) in [6.07, 6.45) is 0.677. The number of hydrogen-bond donors (Lipinski definition) is 0. The summed E-state index contributed by atoms with van der Waals surface area (Å²) in [6.45, 7) is 6.14. The molecule has 76 valence electrons. The maximum absolute atomic E-state index is 11.8. The van der Waals surface area contributed by atoms with Crippen molar-refractivity contribution in [1.82, 2.24) is 0 Å². The van der Waals surface area contributed by atoms with Gasteiger partial charge in [-0.15, -0.1) is 0 Å². The minimum Gasteiger partial charge on any atom is -0.299 e. The molecule has 0 aromatic heterocycles. The normalized spacial score (nSPS) is 12.9. The van der Waals surface area contributed by atoms with E-state index in [1.165, 1.54) is 0 Å². The molecule has 0 radical (unpaired) electrons. The van der Waals surface area contributed by atoms with Crippen LogP contribution in [0.1, 0.15) is 38.7 Å². The number of Topliss-reactive ketones (excluding diaryl/α,β-unsaturated/α-hetero) is 1. The quantitative estimate of drug-likeness (QED) is 0.711. The topological polar surface area (TPSA) is 17.1 Å². The maximum atomic E-state index is 11.8. The van der Waals surface area contributed by atoms with Crippen LogP contribution >= 0.6 is 0 Å². The third-order valence-corrected chi connectivity index (χ3v) is 2.39. The first-order chi connectivity index (χ1) is 6.61. The monoisotopic (exact) mass is 190 g/mol. The fraction of sp³-hybridized carbons (Fsp3) is 0.462. The molecule has 1 nitrogen and oxygen atoms in total. The van der Waals surface area contributed by atoms with Gasteiger partial charge in [-0.3, -0.25) is 4.79 Å². The Bertz CT molecular complexity index is 287. The zero-order valence-electron chi connectivity index (χ0n) is 9.16. The Morgan fingerprint density at radius 3 is 2.21 bits per heavy atom. The van der Waals surface area contributed by atoms with Gasteiger partial charge in [-0.25, -0.2) is 0 Å². The van der Waals surface area contributed by atoms with Gasteiger partial charge in [0.25, 0.3) is 0 Å². The predicted molar refractivity (Wildman–Crippen MR) is 59.3 cm³/mol. The smallest absolute Gasteiger partial charge is 0.140 e. The average Bonchev–Trinajstić information content (AvgIpc) is 2.17. The highest BCUT2D eigenvalue weighted by Crippen LogP contribution is 2.19. The number of ketones is 1. The Kier molecular flexibility index (Phi) is 3.87. The molecule has 0 aliphatic rings. The van der Waals surface area contributed by atoms with Gasteiger partial charge in [0.05, 0.1) is 0 Å². The third kappa shape index (κ3) is 2.99. The molecule has 14 heavy (non-hydrogen) atoms. The molecule has 1 aromatic rings. The van der Waals surface area contributed by atoms with Crippen LogP contribution in [0.5, 0.6) is 0 Å². The Balaban J connectivity index is 2.66. The van der Waals surface area contributed by atoms with E-state index in [2.05, 4.69) is 13.8 Å². The van der Waals surface area contributed by atoms with Gasteiger partial charge >= 0.3 is 0 Å². The molecule has 0 saturated carbocycles. The van der Waals surface area contributed by atoms with E-state index in [-0.39, 0.29) is 5.92 Å².